The predicted octanol–water partition coefficient (Wildman–Crippen LogP) is 4.38. The van der Waals surface area contributed by atoms with Gasteiger partial charge in [0.1, 0.15) is 0 Å². The molecule has 3 rings (SSSR count). The van der Waals surface area contributed by atoms with Crippen LogP contribution in [0.15, 0.2) is 61.2 Å². The minimum absolute atomic E-state index is 0.171. The van der Waals surface area contributed by atoms with Crippen LogP contribution >= 0.6 is 0 Å². The second kappa shape index (κ2) is 8.15. The van der Waals surface area contributed by atoms with Gasteiger partial charge in [-0.1, -0.05) is 0 Å². The van der Waals surface area contributed by atoms with Crippen LogP contribution in [0.1, 0.15) is 44.7 Å². The van der Waals surface area contributed by atoms with E-state index in [9.17, 15) is 0 Å². The average Bonchev–Trinajstić information content (AvgIpc) is 2.57. The molecule has 0 saturated carbocycles. The van der Waals surface area contributed by atoms with E-state index >= 15 is 0 Å². The van der Waals surface area contributed by atoms with Gasteiger partial charge in [0.05, 0.1) is 0 Å². The molecule has 2 heteroatoms. The Bertz CT molecular complexity index is 679. The molecular formula is C23H30BiN. The third-order valence-corrected chi connectivity index (χ3v) is 15.9. The van der Waals surface area contributed by atoms with Crippen molar-refractivity contribution in [1.82, 2.24) is 4.90 Å². The van der Waals surface area contributed by atoms with E-state index in [0.29, 0.717) is 0 Å². The van der Waals surface area contributed by atoms with E-state index in [1.165, 1.54) is 10.5 Å². The van der Waals surface area contributed by atoms with E-state index in [0.717, 1.165) is 19.5 Å². The van der Waals surface area contributed by atoms with Crippen LogP contribution in [0.5, 0.6) is 0 Å². The molecule has 1 heterocycles. The van der Waals surface area contributed by atoms with Gasteiger partial charge in [0.15, 0.2) is 0 Å². The summed E-state index contributed by atoms with van der Waals surface area (Å²) >= 11 is -1.97. The molecule has 0 bridgehead atoms. The molecule has 1 aliphatic heterocycles. The fraction of sp³-hybridized carbons (Fsp3) is 0.391. The van der Waals surface area contributed by atoms with E-state index in [2.05, 4.69) is 86.9 Å². The molecule has 0 amide bonds. The average molecular weight is 529 g/mol. The molecule has 1 aliphatic rings. The van der Waals surface area contributed by atoms with Crippen LogP contribution < -0.4 is 6.54 Å². The summed E-state index contributed by atoms with van der Waals surface area (Å²) in [6, 6.07) is 18.6. The number of fused-ring (bicyclic) bond motifs is 2. The third-order valence-electron chi connectivity index (χ3n) is 5.03. The van der Waals surface area contributed by atoms with E-state index < -0.39 is 21.8 Å². The molecule has 132 valence electrons. The SMILES string of the molecule is C=CCC[CH2][Bi]1[c]2ccccc2CN(C(C)(C)C)Cc2cccc[c]21. The number of benzene rings is 2. The van der Waals surface area contributed by atoms with Crippen molar-refractivity contribution in [2.45, 2.75) is 56.4 Å². The monoisotopic (exact) mass is 529 g/mol. The Morgan fingerprint density at radius 3 is 1.96 bits per heavy atom. The molecule has 0 aliphatic carbocycles. The molecule has 0 saturated heterocycles. The number of hydrogen-bond acceptors (Lipinski definition) is 1. The van der Waals surface area contributed by atoms with Gasteiger partial charge in [-0.05, 0) is 0 Å². The van der Waals surface area contributed by atoms with Crippen molar-refractivity contribution < 1.29 is 0 Å². The Hall–Kier alpha value is -0.977. The molecule has 25 heavy (non-hydrogen) atoms. The molecule has 0 aromatic heterocycles. The van der Waals surface area contributed by atoms with Crippen LogP contribution in [0.2, 0.25) is 4.13 Å². The van der Waals surface area contributed by atoms with E-state index in [1.54, 1.807) is 17.7 Å². The molecule has 0 unspecified atom stereocenters. The van der Waals surface area contributed by atoms with Gasteiger partial charge >= 0.3 is 162 Å². The molecule has 0 radical (unpaired) electrons. The molecule has 0 N–H and O–H groups in total. The summed E-state index contributed by atoms with van der Waals surface area (Å²) < 4.78 is 4.82. The van der Waals surface area contributed by atoms with E-state index in [4.69, 9.17) is 0 Å². The van der Waals surface area contributed by atoms with Crippen molar-refractivity contribution in [3.8, 4) is 0 Å². The summed E-state index contributed by atoms with van der Waals surface area (Å²) in [6.45, 7) is 13.1. The van der Waals surface area contributed by atoms with Gasteiger partial charge in [-0.2, -0.15) is 0 Å². The molecule has 2 aromatic carbocycles. The number of hydrogen-bond donors (Lipinski definition) is 0. The zero-order valence-corrected chi connectivity index (χ0v) is 19.3. The van der Waals surface area contributed by atoms with E-state index in [-0.39, 0.29) is 5.54 Å². The van der Waals surface area contributed by atoms with Gasteiger partial charge in [-0.3, -0.25) is 0 Å². The van der Waals surface area contributed by atoms with Crippen LogP contribution in [0.3, 0.4) is 0 Å². The zero-order chi connectivity index (χ0) is 17.9. The van der Waals surface area contributed by atoms with Gasteiger partial charge in [0.25, 0.3) is 0 Å². The van der Waals surface area contributed by atoms with Crippen LogP contribution in [-0.4, -0.2) is 32.2 Å². The van der Waals surface area contributed by atoms with Crippen molar-refractivity contribution in [2.75, 3.05) is 0 Å². The van der Waals surface area contributed by atoms with Gasteiger partial charge in [0, 0.05) is 0 Å². The van der Waals surface area contributed by atoms with Crippen molar-refractivity contribution >= 4 is 28.3 Å². The van der Waals surface area contributed by atoms with Crippen molar-refractivity contribution in [1.29, 1.82) is 0 Å². The Balaban J connectivity index is 2.09. The summed E-state index contributed by atoms with van der Waals surface area (Å²) in [6.07, 6.45) is 4.50. The first-order valence-electron chi connectivity index (χ1n) is 9.30. The number of nitrogens with zero attached hydrogens (tertiary/aromatic N) is 1. The van der Waals surface area contributed by atoms with Crippen molar-refractivity contribution in [2.24, 2.45) is 0 Å². The van der Waals surface area contributed by atoms with Gasteiger partial charge in [-0.25, -0.2) is 0 Å². The third kappa shape index (κ3) is 4.41. The summed E-state index contributed by atoms with van der Waals surface area (Å²) in [5.41, 5.74) is 3.32. The van der Waals surface area contributed by atoms with Crippen molar-refractivity contribution in [3.05, 3.63) is 72.3 Å². The van der Waals surface area contributed by atoms with Gasteiger partial charge < -0.3 is 0 Å². The second-order valence-corrected chi connectivity index (χ2v) is 16.7. The summed E-state index contributed by atoms with van der Waals surface area (Å²) in [7, 11) is 0. The van der Waals surface area contributed by atoms with E-state index in [1.807, 2.05) is 0 Å². The van der Waals surface area contributed by atoms with Crippen LogP contribution in [0.4, 0.5) is 0 Å². The molecular weight excluding hydrogens is 499 g/mol. The first-order valence-corrected chi connectivity index (χ1v) is 15.2. The maximum atomic E-state index is 3.92. The predicted molar refractivity (Wildman–Crippen MR) is 111 cm³/mol. The first-order chi connectivity index (χ1) is 12.0. The topological polar surface area (TPSA) is 3.24 Å². The number of unbranched alkanes of at least 4 members (excludes halogenated alkanes) is 1. The quantitative estimate of drug-likeness (QED) is 0.323. The van der Waals surface area contributed by atoms with Crippen LogP contribution in [0.25, 0.3) is 0 Å². The summed E-state index contributed by atoms with van der Waals surface area (Å²) in [4.78, 5) is 2.63. The standard InChI is InChI=1S/C18H21N.C5H9.Bi/c1-18(2,3)19(14-16-10-6-4-7-11-16)15-17-12-8-5-9-13-17;1-3-5-4-2;/h4-10,12H,14-15H2,1-3H3;3H,1-2,4-5H2;. The first kappa shape index (κ1) is 18.8. The second-order valence-electron chi connectivity index (χ2n) is 7.87. The zero-order valence-electron chi connectivity index (χ0n) is 15.8. The van der Waals surface area contributed by atoms with Gasteiger partial charge in [-0.15, -0.1) is 0 Å². The molecule has 0 spiro atoms. The molecule has 0 fully saturated rings. The van der Waals surface area contributed by atoms with Crippen molar-refractivity contribution in [3.63, 3.8) is 0 Å². The fourth-order valence-electron chi connectivity index (χ4n) is 3.52. The number of rotatable bonds is 4. The van der Waals surface area contributed by atoms with Crippen LogP contribution in [-0.2, 0) is 13.1 Å². The molecule has 1 nitrogen and oxygen atoms in total. The van der Waals surface area contributed by atoms with Gasteiger partial charge in [0.2, 0.25) is 0 Å². The Labute approximate surface area is 161 Å². The minimum atomic E-state index is -1.97. The Kier molecular flexibility index (Phi) is 6.13. The molecule has 0 atom stereocenters. The normalized spacial score (nSPS) is 15.8. The Morgan fingerprint density at radius 2 is 1.48 bits per heavy atom. The fourth-order valence-corrected chi connectivity index (χ4v) is 14.2. The summed E-state index contributed by atoms with van der Waals surface area (Å²) in [5, 5.41) is 0. The Morgan fingerprint density at radius 1 is 0.960 bits per heavy atom. The summed E-state index contributed by atoms with van der Waals surface area (Å²) in [5.74, 6) is 0. The maximum absolute atomic E-state index is 3.92. The van der Waals surface area contributed by atoms with Crippen LogP contribution in [0, 0.1) is 0 Å². The molecule has 2 aromatic rings. The number of allylic oxidation sites excluding steroid dienone is 1.